The molecule has 0 aliphatic heterocycles. The molecule has 2 aromatic carbocycles. The molecule has 2 nitrogen and oxygen atoms in total. The molecule has 0 aliphatic carbocycles. The molecule has 0 aromatic heterocycles. The van der Waals surface area contributed by atoms with E-state index in [1.54, 1.807) is 0 Å². The van der Waals surface area contributed by atoms with E-state index in [1.807, 2.05) is 37.3 Å². The molecule has 2 N–H and O–H groups in total. The molecule has 4 heteroatoms. The fourth-order valence-electron chi connectivity index (χ4n) is 2.57. The molecular weight excluding hydrogens is 317 g/mol. The summed E-state index contributed by atoms with van der Waals surface area (Å²) in [6, 6.07) is 11.7. The number of ether oxygens (including phenoxy) is 1. The third-order valence-electron chi connectivity index (χ3n) is 3.70. The lowest BCUT2D eigenvalue weighted by Gasteiger charge is -2.21. The van der Waals surface area contributed by atoms with E-state index in [1.165, 1.54) is 5.56 Å². The van der Waals surface area contributed by atoms with Gasteiger partial charge >= 0.3 is 0 Å². The summed E-state index contributed by atoms with van der Waals surface area (Å²) in [5, 5.41) is 1.35. The Labute approximate surface area is 142 Å². The summed E-state index contributed by atoms with van der Waals surface area (Å²) < 4.78 is 5.75. The van der Waals surface area contributed by atoms with E-state index < -0.39 is 0 Å². The van der Waals surface area contributed by atoms with Gasteiger partial charge in [0.15, 0.2) is 0 Å². The molecule has 0 spiro atoms. The van der Waals surface area contributed by atoms with Gasteiger partial charge < -0.3 is 10.5 Å². The van der Waals surface area contributed by atoms with Crippen LogP contribution in [0.3, 0.4) is 0 Å². The Balaban J connectivity index is 2.38. The minimum atomic E-state index is 0.110. The summed E-state index contributed by atoms with van der Waals surface area (Å²) in [5.74, 6) is 0.991. The molecule has 0 saturated carbocycles. The third kappa shape index (κ3) is 3.95. The Morgan fingerprint density at radius 3 is 2.41 bits per heavy atom. The second-order valence-electron chi connectivity index (χ2n) is 5.31. The molecule has 0 radical (unpaired) electrons. The van der Waals surface area contributed by atoms with Crippen molar-refractivity contribution in [3.05, 3.63) is 63.1 Å². The molecule has 118 valence electrons. The van der Waals surface area contributed by atoms with Gasteiger partial charge in [-0.05, 0) is 56.1 Å². The third-order valence-corrected chi connectivity index (χ3v) is 4.41. The van der Waals surface area contributed by atoms with Gasteiger partial charge in [0.1, 0.15) is 5.75 Å². The topological polar surface area (TPSA) is 35.2 Å². The fraction of sp³-hybridized carbons (Fsp3) is 0.333. The van der Waals surface area contributed by atoms with Crippen molar-refractivity contribution in [2.75, 3.05) is 13.2 Å². The van der Waals surface area contributed by atoms with Crippen LogP contribution in [0.4, 0.5) is 0 Å². The van der Waals surface area contributed by atoms with Crippen LogP contribution >= 0.6 is 23.2 Å². The first-order valence-corrected chi connectivity index (χ1v) is 8.18. The van der Waals surface area contributed by atoms with Crippen molar-refractivity contribution in [2.24, 2.45) is 5.73 Å². The Morgan fingerprint density at radius 1 is 1.14 bits per heavy atom. The number of rotatable bonds is 6. The number of benzene rings is 2. The largest absolute Gasteiger partial charge is 0.494 e. The molecule has 0 aliphatic rings. The quantitative estimate of drug-likeness (QED) is 0.806. The van der Waals surface area contributed by atoms with E-state index in [2.05, 4.69) is 13.0 Å². The van der Waals surface area contributed by atoms with Gasteiger partial charge in [-0.25, -0.2) is 0 Å². The van der Waals surface area contributed by atoms with Crippen molar-refractivity contribution < 1.29 is 4.74 Å². The maximum atomic E-state index is 6.29. The predicted molar refractivity (Wildman–Crippen MR) is 94.3 cm³/mol. The van der Waals surface area contributed by atoms with Gasteiger partial charge in [-0.3, -0.25) is 0 Å². The second-order valence-corrected chi connectivity index (χ2v) is 6.13. The molecule has 2 rings (SSSR count). The molecular formula is C18H21Cl2NO. The highest BCUT2D eigenvalue weighted by Crippen LogP contribution is 2.34. The number of hydrogen-bond acceptors (Lipinski definition) is 2. The lowest BCUT2D eigenvalue weighted by Crippen LogP contribution is -2.17. The van der Waals surface area contributed by atoms with E-state index >= 15 is 0 Å². The van der Waals surface area contributed by atoms with Crippen molar-refractivity contribution in [1.82, 2.24) is 0 Å². The Hall–Kier alpha value is -1.22. The van der Waals surface area contributed by atoms with Gasteiger partial charge in [0.25, 0.3) is 0 Å². The Morgan fingerprint density at radius 2 is 1.82 bits per heavy atom. The molecule has 2 aromatic rings. The van der Waals surface area contributed by atoms with Gasteiger partial charge in [-0.1, -0.05) is 47.0 Å². The van der Waals surface area contributed by atoms with Crippen LogP contribution in [0.25, 0.3) is 0 Å². The van der Waals surface area contributed by atoms with Gasteiger partial charge in [-0.2, -0.15) is 0 Å². The molecule has 1 unspecified atom stereocenters. The fourth-order valence-corrected chi connectivity index (χ4v) is 3.12. The summed E-state index contributed by atoms with van der Waals surface area (Å²) >= 11 is 12.6. The van der Waals surface area contributed by atoms with Gasteiger partial charge in [0.2, 0.25) is 0 Å². The molecule has 0 bridgehead atoms. The Kier molecular flexibility index (Phi) is 6.13. The van der Waals surface area contributed by atoms with Crippen LogP contribution in [-0.2, 0) is 6.42 Å². The van der Waals surface area contributed by atoms with Crippen LogP contribution in [0.15, 0.2) is 36.4 Å². The standard InChI is InChI=1S/C18H21Cl2NO/c1-3-22-18-8-7-12(2)9-14(18)13(11-21)10-15-16(19)5-4-6-17(15)20/h4-9,13H,3,10-11,21H2,1-2H3. The van der Waals surface area contributed by atoms with Crippen LogP contribution in [0.5, 0.6) is 5.75 Å². The summed E-state index contributed by atoms with van der Waals surface area (Å²) in [6.45, 7) is 5.17. The molecule has 22 heavy (non-hydrogen) atoms. The number of halogens is 2. The highest BCUT2D eigenvalue weighted by Gasteiger charge is 2.19. The Bertz CT molecular complexity index is 623. The summed E-state index contributed by atoms with van der Waals surface area (Å²) in [7, 11) is 0. The van der Waals surface area contributed by atoms with Crippen LogP contribution in [0.2, 0.25) is 10.0 Å². The zero-order chi connectivity index (χ0) is 16.1. The second kappa shape index (κ2) is 7.87. The maximum absolute atomic E-state index is 6.29. The van der Waals surface area contributed by atoms with Crippen LogP contribution in [-0.4, -0.2) is 13.2 Å². The van der Waals surface area contributed by atoms with Crippen LogP contribution < -0.4 is 10.5 Å². The number of nitrogens with two attached hydrogens (primary N) is 1. The smallest absolute Gasteiger partial charge is 0.122 e. The predicted octanol–water partition coefficient (Wildman–Crippen LogP) is 4.99. The highest BCUT2D eigenvalue weighted by atomic mass is 35.5. The average Bonchev–Trinajstić information content (AvgIpc) is 2.49. The number of hydrogen-bond donors (Lipinski definition) is 1. The minimum absolute atomic E-state index is 0.110. The molecule has 0 fully saturated rings. The molecule has 0 heterocycles. The SMILES string of the molecule is CCOc1ccc(C)cc1C(CN)Cc1c(Cl)cccc1Cl. The monoisotopic (exact) mass is 337 g/mol. The van der Waals surface area contributed by atoms with Crippen molar-refractivity contribution in [3.63, 3.8) is 0 Å². The zero-order valence-corrected chi connectivity index (χ0v) is 14.4. The van der Waals surface area contributed by atoms with Crippen molar-refractivity contribution in [1.29, 1.82) is 0 Å². The zero-order valence-electron chi connectivity index (χ0n) is 12.9. The van der Waals surface area contributed by atoms with Crippen molar-refractivity contribution in [2.45, 2.75) is 26.2 Å². The summed E-state index contributed by atoms with van der Waals surface area (Å²) in [6.07, 6.45) is 0.693. The van der Waals surface area contributed by atoms with Crippen LogP contribution in [0, 0.1) is 6.92 Å². The van der Waals surface area contributed by atoms with E-state index in [0.29, 0.717) is 29.6 Å². The van der Waals surface area contributed by atoms with Gasteiger partial charge in [-0.15, -0.1) is 0 Å². The molecule has 0 amide bonds. The molecule has 1 atom stereocenters. The normalized spacial score (nSPS) is 12.2. The van der Waals surface area contributed by atoms with E-state index in [-0.39, 0.29) is 5.92 Å². The van der Waals surface area contributed by atoms with E-state index in [9.17, 15) is 0 Å². The summed E-state index contributed by atoms with van der Waals surface area (Å²) in [5.41, 5.74) is 9.26. The first-order chi connectivity index (χ1) is 10.6. The first kappa shape index (κ1) is 17.1. The van der Waals surface area contributed by atoms with E-state index in [0.717, 1.165) is 16.9 Å². The molecule has 0 saturated heterocycles. The van der Waals surface area contributed by atoms with Gasteiger partial charge in [0, 0.05) is 16.0 Å². The van der Waals surface area contributed by atoms with E-state index in [4.69, 9.17) is 33.7 Å². The van der Waals surface area contributed by atoms with Gasteiger partial charge in [0.05, 0.1) is 6.61 Å². The van der Waals surface area contributed by atoms with Crippen LogP contribution in [0.1, 0.15) is 29.5 Å². The lowest BCUT2D eigenvalue weighted by atomic mass is 9.90. The minimum Gasteiger partial charge on any atom is -0.494 e. The summed E-state index contributed by atoms with van der Waals surface area (Å²) in [4.78, 5) is 0. The highest BCUT2D eigenvalue weighted by molar-refractivity contribution is 6.36. The first-order valence-electron chi connectivity index (χ1n) is 7.43. The lowest BCUT2D eigenvalue weighted by molar-refractivity contribution is 0.334. The maximum Gasteiger partial charge on any atom is 0.122 e. The average molecular weight is 338 g/mol. The van der Waals surface area contributed by atoms with Crippen molar-refractivity contribution >= 4 is 23.2 Å². The van der Waals surface area contributed by atoms with Crippen molar-refractivity contribution in [3.8, 4) is 5.75 Å². The number of aryl methyl sites for hydroxylation is 1.